The molecule has 0 unspecified atom stereocenters. The zero-order valence-electron chi connectivity index (χ0n) is 16.0. The van der Waals surface area contributed by atoms with E-state index >= 15 is 0 Å². The molecule has 11 heteroatoms. The van der Waals surface area contributed by atoms with Crippen LogP contribution >= 0.6 is 0 Å². The van der Waals surface area contributed by atoms with Gasteiger partial charge in [0.15, 0.2) is 0 Å². The van der Waals surface area contributed by atoms with Crippen molar-refractivity contribution in [2.24, 2.45) is 0 Å². The van der Waals surface area contributed by atoms with Gasteiger partial charge in [-0.25, -0.2) is 0 Å². The zero-order chi connectivity index (χ0) is 21.7. The lowest BCUT2D eigenvalue weighted by molar-refractivity contribution is 0.438. The lowest BCUT2D eigenvalue weighted by Crippen LogP contribution is -2.39. The van der Waals surface area contributed by atoms with E-state index in [1.165, 1.54) is 12.1 Å². The van der Waals surface area contributed by atoms with Crippen molar-refractivity contribution in [1.82, 2.24) is 10.6 Å². The van der Waals surface area contributed by atoms with E-state index in [0.717, 1.165) is 55.5 Å². The number of piperazine rings is 1. The number of hydrogen-bond donors (Lipinski definition) is 4. The van der Waals surface area contributed by atoms with Gasteiger partial charge in [-0.05, 0) is 49.2 Å². The first-order valence-electron chi connectivity index (χ1n) is 8.74. The number of aryl methyl sites for hydroxylation is 2. The van der Waals surface area contributed by atoms with Crippen LogP contribution in [0.4, 0.5) is 0 Å². The summed E-state index contributed by atoms with van der Waals surface area (Å²) in [4.78, 5) is -0.938. The van der Waals surface area contributed by atoms with Crippen LogP contribution in [0.3, 0.4) is 0 Å². The molecule has 29 heavy (non-hydrogen) atoms. The molecule has 1 aliphatic rings. The van der Waals surface area contributed by atoms with Crippen molar-refractivity contribution in [3.8, 4) is 11.5 Å². The number of hydrogen-bond acceptors (Lipinski definition) is 8. The van der Waals surface area contributed by atoms with Crippen LogP contribution in [-0.2, 0) is 20.2 Å². The fraction of sp³-hybridized carbons (Fsp3) is 0.333. The van der Waals surface area contributed by atoms with Gasteiger partial charge in [0, 0.05) is 32.2 Å². The SMILES string of the molecule is C1CNCCN1.Cc1ccc(S(=O)(=O)Oc2ccc(O)c(S(=O)(=O)O)c2)cc1C. The smallest absolute Gasteiger partial charge is 0.339 e. The fourth-order valence-corrected chi connectivity index (χ4v) is 4.01. The second-order valence-corrected chi connectivity index (χ2v) is 9.32. The Morgan fingerprint density at radius 2 is 1.45 bits per heavy atom. The third-order valence-electron chi connectivity index (χ3n) is 4.14. The summed E-state index contributed by atoms with van der Waals surface area (Å²) in [6.07, 6.45) is 0. The van der Waals surface area contributed by atoms with Crippen molar-refractivity contribution in [2.75, 3.05) is 26.2 Å². The molecule has 0 aromatic heterocycles. The molecule has 0 bridgehead atoms. The first-order chi connectivity index (χ1) is 13.5. The minimum Gasteiger partial charge on any atom is -0.506 e. The van der Waals surface area contributed by atoms with Crippen molar-refractivity contribution in [3.05, 3.63) is 47.5 Å². The maximum absolute atomic E-state index is 12.2. The standard InChI is InChI=1S/C14H14O7S2.C4H10N2/c1-9-3-5-12(7-10(9)2)23(19,20)21-11-4-6-13(15)14(8-11)22(16,17)18;1-2-6-4-3-5-1/h3-8,15H,1-2H3,(H,16,17,18);5-6H,1-4H2. The Bertz CT molecular complexity index is 1050. The van der Waals surface area contributed by atoms with Crippen LogP contribution in [0.1, 0.15) is 11.1 Å². The fourth-order valence-electron chi connectivity index (χ4n) is 2.40. The van der Waals surface area contributed by atoms with Crippen LogP contribution in [-0.4, -0.2) is 52.7 Å². The summed E-state index contributed by atoms with van der Waals surface area (Å²) in [5.41, 5.74) is 1.65. The van der Waals surface area contributed by atoms with E-state index in [1.807, 2.05) is 6.92 Å². The average Bonchev–Trinajstić information content (AvgIpc) is 2.66. The predicted molar refractivity (Wildman–Crippen MR) is 107 cm³/mol. The van der Waals surface area contributed by atoms with Gasteiger partial charge in [-0.2, -0.15) is 16.8 Å². The Morgan fingerprint density at radius 3 is 1.93 bits per heavy atom. The first kappa shape index (κ1) is 23.1. The van der Waals surface area contributed by atoms with E-state index < -0.39 is 30.9 Å². The van der Waals surface area contributed by atoms with Gasteiger partial charge in [-0.1, -0.05) is 6.07 Å². The van der Waals surface area contributed by atoms with E-state index in [0.29, 0.717) is 0 Å². The number of rotatable bonds is 4. The molecule has 1 aliphatic heterocycles. The van der Waals surface area contributed by atoms with Gasteiger partial charge >= 0.3 is 10.1 Å². The molecule has 0 aliphatic carbocycles. The van der Waals surface area contributed by atoms with E-state index in [4.69, 9.17) is 8.74 Å². The van der Waals surface area contributed by atoms with Gasteiger partial charge in [0.1, 0.15) is 21.3 Å². The quantitative estimate of drug-likeness (QED) is 0.404. The molecule has 0 radical (unpaired) electrons. The molecule has 3 rings (SSSR count). The number of nitrogens with one attached hydrogen (secondary N) is 2. The summed E-state index contributed by atoms with van der Waals surface area (Å²) in [6, 6.07) is 7.11. The second kappa shape index (κ2) is 9.55. The van der Waals surface area contributed by atoms with Gasteiger partial charge in [-0.3, -0.25) is 4.55 Å². The molecule has 160 valence electrons. The molecule has 1 saturated heterocycles. The van der Waals surface area contributed by atoms with Gasteiger partial charge in [0.2, 0.25) is 0 Å². The van der Waals surface area contributed by atoms with E-state index in [2.05, 4.69) is 10.6 Å². The Labute approximate surface area is 170 Å². The Hall–Kier alpha value is -2.18. The van der Waals surface area contributed by atoms with Crippen molar-refractivity contribution < 1.29 is 30.7 Å². The average molecular weight is 445 g/mol. The molecular weight excluding hydrogens is 420 g/mol. The van der Waals surface area contributed by atoms with Crippen LogP contribution in [0.2, 0.25) is 0 Å². The molecule has 0 saturated carbocycles. The normalized spacial score (nSPS) is 14.6. The van der Waals surface area contributed by atoms with Gasteiger partial charge in [-0.15, -0.1) is 0 Å². The summed E-state index contributed by atoms with van der Waals surface area (Å²) < 4.78 is 60.5. The van der Waals surface area contributed by atoms with Crippen LogP contribution < -0.4 is 14.8 Å². The third-order valence-corrected chi connectivity index (χ3v) is 6.27. The molecule has 1 fully saturated rings. The lowest BCUT2D eigenvalue weighted by atomic mass is 10.1. The molecule has 0 atom stereocenters. The molecule has 9 nitrogen and oxygen atoms in total. The maximum Gasteiger partial charge on any atom is 0.339 e. The maximum atomic E-state index is 12.2. The lowest BCUT2D eigenvalue weighted by Gasteiger charge is -2.11. The number of phenolic OH excluding ortho intramolecular Hbond substituents is 1. The summed E-state index contributed by atoms with van der Waals surface area (Å²) in [7, 11) is -8.90. The molecule has 0 amide bonds. The monoisotopic (exact) mass is 444 g/mol. The van der Waals surface area contributed by atoms with Crippen molar-refractivity contribution in [3.63, 3.8) is 0 Å². The molecule has 4 N–H and O–H groups in total. The highest BCUT2D eigenvalue weighted by Crippen LogP contribution is 2.29. The molecule has 2 aromatic rings. The van der Waals surface area contributed by atoms with Crippen LogP contribution in [0.5, 0.6) is 11.5 Å². The van der Waals surface area contributed by atoms with Gasteiger partial charge in [0.05, 0.1) is 0 Å². The van der Waals surface area contributed by atoms with E-state index in [-0.39, 0.29) is 10.6 Å². The van der Waals surface area contributed by atoms with Crippen LogP contribution in [0.15, 0.2) is 46.2 Å². The molecule has 0 spiro atoms. The predicted octanol–water partition coefficient (Wildman–Crippen LogP) is 1.20. The van der Waals surface area contributed by atoms with Gasteiger partial charge in [0.25, 0.3) is 10.1 Å². The highest BCUT2D eigenvalue weighted by molar-refractivity contribution is 7.87. The zero-order valence-corrected chi connectivity index (χ0v) is 17.7. The Morgan fingerprint density at radius 1 is 0.862 bits per heavy atom. The second-order valence-electron chi connectivity index (χ2n) is 6.39. The van der Waals surface area contributed by atoms with E-state index in [9.17, 15) is 21.9 Å². The van der Waals surface area contributed by atoms with Crippen molar-refractivity contribution in [2.45, 2.75) is 23.6 Å². The summed E-state index contributed by atoms with van der Waals surface area (Å²) in [5, 5.41) is 15.9. The Kier molecular flexibility index (Phi) is 7.60. The molecule has 2 aromatic carbocycles. The summed E-state index contributed by atoms with van der Waals surface area (Å²) in [5.74, 6) is -1.07. The largest absolute Gasteiger partial charge is 0.506 e. The van der Waals surface area contributed by atoms with Crippen LogP contribution in [0.25, 0.3) is 0 Å². The molecule has 1 heterocycles. The van der Waals surface area contributed by atoms with Gasteiger partial charge < -0.3 is 19.9 Å². The minimum atomic E-state index is -4.71. The first-order valence-corrected chi connectivity index (χ1v) is 11.6. The van der Waals surface area contributed by atoms with Crippen molar-refractivity contribution in [1.29, 1.82) is 0 Å². The van der Waals surface area contributed by atoms with Crippen LogP contribution in [0, 0.1) is 13.8 Å². The number of benzene rings is 2. The number of aromatic hydroxyl groups is 1. The summed E-state index contributed by atoms with van der Waals surface area (Å²) >= 11 is 0. The highest BCUT2D eigenvalue weighted by Gasteiger charge is 2.21. The molecular formula is C18H24N2O7S2. The minimum absolute atomic E-state index is 0.0953. The number of phenols is 1. The topological polar surface area (TPSA) is 142 Å². The third kappa shape index (κ3) is 6.68. The highest BCUT2D eigenvalue weighted by atomic mass is 32.2. The van der Waals surface area contributed by atoms with Crippen molar-refractivity contribution >= 4 is 20.2 Å². The van der Waals surface area contributed by atoms with E-state index in [1.54, 1.807) is 13.0 Å². The summed E-state index contributed by atoms with van der Waals surface area (Å²) in [6.45, 7) is 8.12. The Balaban J connectivity index is 0.000000426.